The van der Waals surface area contributed by atoms with Gasteiger partial charge in [0.25, 0.3) is 0 Å². The van der Waals surface area contributed by atoms with E-state index in [0.29, 0.717) is 0 Å². The van der Waals surface area contributed by atoms with Crippen molar-refractivity contribution in [3.63, 3.8) is 0 Å². The summed E-state index contributed by atoms with van der Waals surface area (Å²) in [6.45, 7) is 0. The number of carbonyl (C=O) groups excluding carboxylic acids is 1. The SMILES string of the molecule is O=[C](C1=CCCC=CCC1)[Co]([Br])[Br]. The minimum atomic E-state index is -0.790. The molecule has 0 aliphatic heterocycles. The van der Waals surface area contributed by atoms with Crippen molar-refractivity contribution in [3.05, 3.63) is 23.8 Å². The van der Waals surface area contributed by atoms with E-state index < -0.39 is 10.1 Å². The average molecular weight is 354 g/mol. The molecule has 0 fully saturated rings. The molecule has 0 atom stereocenters. The predicted octanol–water partition coefficient (Wildman–Crippen LogP) is 3.81. The number of rotatable bonds is 2. The van der Waals surface area contributed by atoms with Crippen molar-refractivity contribution in [2.24, 2.45) is 0 Å². The monoisotopic (exact) mass is 352 g/mol. The first-order valence-electron chi connectivity index (χ1n) is 4.07. The Morgan fingerprint density at radius 2 is 1.92 bits per heavy atom. The molecule has 0 amide bonds. The summed E-state index contributed by atoms with van der Waals surface area (Å²) in [6, 6.07) is 0. The Balaban J connectivity index is 2.61. The van der Waals surface area contributed by atoms with Gasteiger partial charge in [-0.3, -0.25) is 0 Å². The van der Waals surface area contributed by atoms with Gasteiger partial charge < -0.3 is 0 Å². The van der Waals surface area contributed by atoms with Crippen LogP contribution in [-0.4, -0.2) is 4.72 Å². The van der Waals surface area contributed by atoms with E-state index in [-0.39, 0.29) is 4.72 Å². The zero-order valence-electron chi connectivity index (χ0n) is 7.06. The molecule has 0 aromatic carbocycles. The average Bonchev–Trinajstić information content (AvgIpc) is 2.02. The third-order valence-corrected chi connectivity index (χ3v) is 4.50. The quantitative estimate of drug-likeness (QED) is 0.690. The second-order valence-electron chi connectivity index (χ2n) is 2.74. The van der Waals surface area contributed by atoms with Gasteiger partial charge in [-0.2, -0.15) is 0 Å². The molecule has 0 unspecified atom stereocenters. The zero-order valence-corrected chi connectivity index (χ0v) is 11.3. The van der Waals surface area contributed by atoms with Crippen molar-refractivity contribution in [1.29, 1.82) is 0 Å². The molecule has 0 heterocycles. The van der Waals surface area contributed by atoms with Crippen molar-refractivity contribution in [1.82, 2.24) is 0 Å². The van der Waals surface area contributed by atoms with E-state index in [1.165, 1.54) is 0 Å². The number of allylic oxidation sites excluding steroid dienone is 4. The van der Waals surface area contributed by atoms with Gasteiger partial charge in [0.15, 0.2) is 0 Å². The topological polar surface area (TPSA) is 17.1 Å². The van der Waals surface area contributed by atoms with Gasteiger partial charge >= 0.3 is 97.4 Å². The molecule has 0 bridgehead atoms. The molecule has 1 rings (SSSR count). The first-order valence-corrected chi connectivity index (χ1v) is 9.74. The maximum atomic E-state index is 11.6. The fourth-order valence-corrected chi connectivity index (χ4v) is 3.07. The van der Waals surface area contributed by atoms with Crippen LogP contribution < -0.4 is 0 Å². The molecular weight excluding hydrogens is 343 g/mol. The van der Waals surface area contributed by atoms with Gasteiger partial charge in [0.05, 0.1) is 0 Å². The number of hydrogen-bond donors (Lipinski definition) is 0. The fourth-order valence-electron chi connectivity index (χ4n) is 1.18. The molecule has 0 N–H and O–H groups in total. The van der Waals surface area contributed by atoms with Crippen LogP contribution in [0.15, 0.2) is 23.8 Å². The van der Waals surface area contributed by atoms with Gasteiger partial charge in [-0.25, -0.2) is 0 Å². The maximum absolute atomic E-state index is 11.6. The first-order chi connectivity index (χ1) is 6.22. The Labute approximate surface area is 96.9 Å². The van der Waals surface area contributed by atoms with E-state index in [4.69, 9.17) is 0 Å². The number of carbonyl (C=O) groups is 1. The van der Waals surface area contributed by atoms with E-state index in [1.807, 2.05) is 0 Å². The Hall–Kier alpha value is 0.616. The molecule has 1 nitrogen and oxygen atoms in total. The summed E-state index contributed by atoms with van der Waals surface area (Å²) in [7, 11) is -0.790. The Bertz CT molecular complexity index is 246. The zero-order chi connectivity index (χ0) is 9.68. The summed E-state index contributed by atoms with van der Waals surface area (Å²) >= 11 is 6.58. The van der Waals surface area contributed by atoms with Crippen LogP contribution in [-0.2, 0) is 14.9 Å². The molecule has 0 radical (unpaired) electrons. The molecule has 1 aliphatic carbocycles. The molecule has 1 aliphatic rings. The first kappa shape index (κ1) is 11.7. The molecule has 0 saturated carbocycles. The predicted molar refractivity (Wildman–Crippen MR) is 58.6 cm³/mol. The summed E-state index contributed by atoms with van der Waals surface area (Å²) in [4.78, 5) is 11.6. The third-order valence-electron chi connectivity index (χ3n) is 1.82. The van der Waals surface area contributed by atoms with Gasteiger partial charge in [0.2, 0.25) is 0 Å². The number of hydrogen-bond acceptors (Lipinski definition) is 1. The number of halogens is 2. The standard InChI is InChI=1S/C9H11O.2BrH.Co/c10-8-9-6-4-2-1-3-5-7-9;;;/h1-2,7H,3-6H2;2*1H;/q;;;+2/p-2. The van der Waals surface area contributed by atoms with Gasteiger partial charge in [-0.15, -0.1) is 0 Å². The molecular formula is C9H11Br2CoO. The normalized spacial score (nSPS) is 18.6. The fraction of sp³-hybridized carbons (Fsp3) is 0.444. The van der Waals surface area contributed by atoms with E-state index in [1.54, 1.807) is 0 Å². The van der Waals surface area contributed by atoms with Crippen LogP contribution in [0.4, 0.5) is 0 Å². The second-order valence-corrected chi connectivity index (χ2v) is 11.0. The van der Waals surface area contributed by atoms with Crippen LogP contribution in [0.3, 0.4) is 0 Å². The van der Waals surface area contributed by atoms with Crippen LogP contribution in [0.2, 0.25) is 0 Å². The molecule has 0 saturated heterocycles. The molecule has 0 spiro atoms. The Morgan fingerprint density at radius 1 is 1.23 bits per heavy atom. The van der Waals surface area contributed by atoms with Crippen LogP contribution in [0.25, 0.3) is 0 Å². The summed E-state index contributed by atoms with van der Waals surface area (Å²) in [5.74, 6) is 0. The second kappa shape index (κ2) is 6.17. The van der Waals surface area contributed by atoms with Crippen LogP contribution >= 0.6 is 28.3 Å². The van der Waals surface area contributed by atoms with Gasteiger partial charge in [-0.1, -0.05) is 0 Å². The Morgan fingerprint density at radius 3 is 2.62 bits per heavy atom. The van der Waals surface area contributed by atoms with Crippen LogP contribution in [0.1, 0.15) is 25.7 Å². The molecule has 13 heavy (non-hydrogen) atoms. The van der Waals surface area contributed by atoms with Crippen molar-refractivity contribution in [2.75, 3.05) is 0 Å². The summed E-state index contributed by atoms with van der Waals surface area (Å²) in [6.07, 6.45) is 10.3. The van der Waals surface area contributed by atoms with Gasteiger partial charge in [0.1, 0.15) is 0 Å². The molecule has 4 heteroatoms. The van der Waals surface area contributed by atoms with E-state index >= 15 is 0 Å². The Kier molecular flexibility index (Phi) is 5.54. The third kappa shape index (κ3) is 4.10. The van der Waals surface area contributed by atoms with E-state index in [0.717, 1.165) is 31.3 Å². The molecule has 76 valence electrons. The van der Waals surface area contributed by atoms with Crippen LogP contribution in [0.5, 0.6) is 0 Å². The van der Waals surface area contributed by atoms with Gasteiger partial charge in [-0.05, 0) is 0 Å². The summed E-state index contributed by atoms with van der Waals surface area (Å²) in [5, 5.41) is 0. The molecule has 0 aromatic heterocycles. The van der Waals surface area contributed by atoms with Crippen molar-refractivity contribution >= 4 is 33.1 Å². The molecule has 0 aromatic rings. The minimum absolute atomic E-state index is 0.225. The van der Waals surface area contributed by atoms with Gasteiger partial charge in [0, 0.05) is 0 Å². The van der Waals surface area contributed by atoms with E-state index in [2.05, 4.69) is 46.6 Å². The van der Waals surface area contributed by atoms with Crippen molar-refractivity contribution in [3.8, 4) is 0 Å². The summed E-state index contributed by atoms with van der Waals surface area (Å²) in [5.41, 5.74) is 0.975. The van der Waals surface area contributed by atoms with Crippen molar-refractivity contribution in [2.45, 2.75) is 25.7 Å². The van der Waals surface area contributed by atoms with Crippen molar-refractivity contribution < 1.29 is 14.9 Å². The van der Waals surface area contributed by atoms with E-state index in [9.17, 15) is 4.79 Å². The van der Waals surface area contributed by atoms with Crippen LogP contribution in [0, 0.1) is 0 Å². The summed E-state index contributed by atoms with van der Waals surface area (Å²) < 4.78 is 0.225.